The van der Waals surface area contributed by atoms with Gasteiger partial charge >= 0.3 is 0 Å². The number of aliphatic hydroxyl groups excluding tert-OH is 1. The molecule has 0 unspecified atom stereocenters. The van der Waals surface area contributed by atoms with Crippen LogP contribution in [0.4, 0.5) is 4.39 Å². The highest BCUT2D eigenvalue weighted by atomic mass is 32.2. The maximum absolute atomic E-state index is 14.9. The molecule has 4 N–H and O–H groups in total. The van der Waals surface area contributed by atoms with Gasteiger partial charge in [-0.05, 0) is 31.0 Å². The second-order valence-corrected chi connectivity index (χ2v) is 8.95. The van der Waals surface area contributed by atoms with E-state index in [-0.39, 0.29) is 40.6 Å². The molecule has 2 aromatic carbocycles. The zero-order chi connectivity index (χ0) is 23.9. The Labute approximate surface area is 187 Å². The van der Waals surface area contributed by atoms with Gasteiger partial charge < -0.3 is 15.7 Å². The fourth-order valence-electron chi connectivity index (χ4n) is 3.08. The van der Waals surface area contributed by atoms with Gasteiger partial charge in [0.05, 0.1) is 4.90 Å². The van der Waals surface area contributed by atoms with E-state index < -0.39 is 27.9 Å². The number of nitrogens with one attached hydrogen (secondary N) is 1. The molecule has 0 aromatic heterocycles. The Bertz CT molecular complexity index is 1070. The largest absolute Gasteiger partial charge is 0.384 e. The fourth-order valence-corrected chi connectivity index (χ4v) is 4.36. The van der Waals surface area contributed by atoms with Gasteiger partial charge in [-0.25, -0.2) is 17.5 Å². The molecular formula is C22H28FN3O5S. The Balaban J connectivity index is 2.38. The summed E-state index contributed by atoms with van der Waals surface area (Å²) in [5, 5.41) is 9.31. The summed E-state index contributed by atoms with van der Waals surface area (Å²) in [6.07, 6.45) is -0.512. The number of hydrogen-bond acceptors (Lipinski definition) is 6. The fraction of sp³-hybridized carbons (Fsp3) is 0.364. The quantitative estimate of drug-likeness (QED) is 0.490. The zero-order valence-corrected chi connectivity index (χ0v) is 18.9. The molecule has 10 heteroatoms. The number of carbonyl (C=O) groups excluding carboxylic acids is 2. The van der Waals surface area contributed by atoms with Crippen LogP contribution in [0.3, 0.4) is 0 Å². The summed E-state index contributed by atoms with van der Waals surface area (Å²) in [6, 6.07) is 10.1. The third kappa shape index (κ3) is 6.35. The SMILES string of the molecule is CCCC(=O)N(CCN)Cc1ccc(-c2ccccc2S(=O)(=O)NC(=O)[C@H](C)O)cc1F. The average molecular weight is 466 g/mol. The van der Waals surface area contributed by atoms with E-state index in [1.165, 1.54) is 35.2 Å². The molecule has 0 fully saturated rings. The molecular weight excluding hydrogens is 437 g/mol. The van der Waals surface area contributed by atoms with Crippen molar-refractivity contribution in [1.82, 2.24) is 9.62 Å². The summed E-state index contributed by atoms with van der Waals surface area (Å²) in [5.41, 5.74) is 6.31. The Morgan fingerprint density at radius 1 is 1.22 bits per heavy atom. The first kappa shape index (κ1) is 25.4. The number of amides is 2. The van der Waals surface area contributed by atoms with E-state index in [4.69, 9.17) is 5.73 Å². The summed E-state index contributed by atoms with van der Waals surface area (Å²) >= 11 is 0. The molecule has 0 aliphatic heterocycles. The normalized spacial score (nSPS) is 12.3. The van der Waals surface area contributed by atoms with E-state index in [0.717, 1.165) is 6.92 Å². The molecule has 2 amide bonds. The number of sulfonamides is 1. The number of carbonyl (C=O) groups is 2. The molecule has 0 aliphatic rings. The van der Waals surface area contributed by atoms with Crippen molar-refractivity contribution in [3.8, 4) is 11.1 Å². The Hall–Kier alpha value is -2.82. The van der Waals surface area contributed by atoms with Gasteiger partial charge in [-0.15, -0.1) is 0 Å². The molecule has 1 atom stereocenters. The van der Waals surface area contributed by atoms with Crippen LogP contribution in [0.5, 0.6) is 0 Å². The zero-order valence-electron chi connectivity index (χ0n) is 18.0. The van der Waals surface area contributed by atoms with Crippen LogP contribution in [-0.4, -0.2) is 49.4 Å². The minimum atomic E-state index is -4.30. The lowest BCUT2D eigenvalue weighted by Crippen LogP contribution is -2.37. The average Bonchev–Trinajstić information content (AvgIpc) is 2.74. The van der Waals surface area contributed by atoms with Gasteiger partial charge in [-0.2, -0.15) is 0 Å². The van der Waals surface area contributed by atoms with Crippen molar-refractivity contribution in [2.45, 2.75) is 44.2 Å². The summed E-state index contributed by atoms with van der Waals surface area (Å²) in [5.74, 6) is -1.79. The molecule has 0 radical (unpaired) electrons. The van der Waals surface area contributed by atoms with E-state index in [2.05, 4.69) is 0 Å². The molecule has 0 saturated heterocycles. The number of nitrogens with zero attached hydrogens (tertiary/aromatic N) is 1. The number of aliphatic hydroxyl groups is 1. The van der Waals surface area contributed by atoms with Gasteiger partial charge in [0.15, 0.2) is 0 Å². The first-order valence-electron chi connectivity index (χ1n) is 10.2. The monoisotopic (exact) mass is 465 g/mol. The van der Waals surface area contributed by atoms with Gasteiger partial charge in [0, 0.05) is 37.2 Å². The van der Waals surface area contributed by atoms with Gasteiger partial charge in [-0.3, -0.25) is 9.59 Å². The third-order valence-electron chi connectivity index (χ3n) is 4.73. The number of benzene rings is 2. The third-order valence-corrected chi connectivity index (χ3v) is 6.14. The standard InChI is InChI=1S/C22H28FN3O5S/c1-3-6-21(28)26(12-11-24)14-17-10-9-16(13-19(17)23)18-7-4-5-8-20(18)32(30,31)25-22(29)15(2)27/h4-5,7-10,13,15,27H,3,6,11-12,14,24H2,1-2H3,(H,25,29)/t15-/m0/s1. The minimum absolute atomic E-state index is 0.0482. The Morgan fingerprint density at radius 3 is 2.50 bits per heavy atom. The maximum atomic E-state index is 14.9. The van der Waals surface area contributed by atoms with E-state index in [0.29, 0.717) is 19.4 Å². The van der Waals surface area contributed by atoms with Crippen LogP contribution in [0.25, 0.3) is 11.1 Å². The number of rotatable bonds is 10. The second kappa shape index (κ2) is 11.2. The highest BCUT2D eigenvalue weighted by Crippen LogP contribution is 2.29. The van der Waals surface area contributed by atoms with E-state index in [9.17, 15) is 27.5 Å². The van der Waals surface area contributed by atoms with Crippen LogP contribution >= 0.6 is 0 Å². The first-order valence-corrected chi connectivity index (χ1v) is 11.7. The van der Waals surface area contributed by atoms with Gasteiger partial charge in [0.2, 0.25) is 5.91 Å². The predicted octanol–water partition coefficient (Wildman–Crippen LogP) is 1.77. The molecule has 0 heterocycles. The summed E-state index contributed by atoms with van der Waals surface area (Å²) in [4.78, 5) is 25.2. The molecule has 0 saturated carbocycles. The van der Waals surface area contributed by atoms with Crippen molar-refractivity contribution in [1.29, 1.82) is 0 Å². The van der Waals surface area contributed by atoms with Crippen LogP contribution in [0.1, 0.15) is 32.3 Å². The van der Waals surface area contributed by atoms with Crippen LogP contribution in [0, 0.1) is 5.82 Å². The van der Waals surface area contributed by atoms with Crippen LogP contribution < -0.4 is 10.5 Å². The first-order chi connectivity index (χ1) is 15.1. The van der Waals surface area contributed by atoms with E-state index in [1.807, 2.05) is 6.92 Å². The van der Waals surface area contributed by atoms with Crippen LogP contribution in [-0.2, 0) is 26.2 Å². The lowest BCUT2D eigenvalue weighted by atomic mass is 10.0. The smallest absolute Gasteiger partial charge is 0.264 e. The summed E-state index contributed by atoms with van der Waals surface area (Å²) in [6.45, 7) is 3.61. The number of hydrogen-bond donors (Lipinski definition) is 3. The van der Waals surface area contributed by atoms with Crippen molar-refractivity contribution in [2.24, 2.45) is 5.73 Å². The van der Waals surface area contributed by atoms with E-state index in [1.54, 1.807) is 16.9 Å². The van der Waals surface area contributed by atoms with Gasteiger partial charge in [0.25, 0.3) is 15.9 Å². The molecule has 174 valence electrons. The number of halogens is 1. The van der Waals surface area contributed by atoms with Crippen LogP contribution in [0.15, 0.2) is 47.4 Å². The topological polar surface area (TPSA) is 130 Å². The van der Waals surface area contributed by atoms with Crippen molar-refractivity contribution < 1.29 is 27.5 Å². The predicted molar refractivity (Wildman–Crippen MR) is 118 cm³/mol. The molecule has 8 nitrogen and oxygen atoms in total. The lowest BCUT2D eigenvalue weighted by molar-refractivity contribution is -0.131. The van der Waals surface area contributed by atoms with Crippen molar-refractivity contribution in [3.63, 3.8) is 0 Å². The highest BCUT2D eigenvalue weighted by molar-refractivity contribution is 7.90. The van der Waals surface area contributed by atoms with Crippen molar-refractivity contribution in [3.05, 3.63) is 53.8 Å². The van der Waals surface area contributed by atoms with Crippen molar-refractivity contribution >= 4 is 21.8 Å². The molecule has 0 bridgehead atoms. The Kier molecular flexibility index (Phi) is 8.88. The second-order valence-electron chi connectivity index (χ2n) is 7.30. The van der Waals surface area contributed by atoms with Gasteiger partial charge in [-0.1, -0.05) is 37.3 Å². The molecule has 0 aliphatic carbocycles. The highest BCUT2D eigenvalue weighted by Gasteiger charge is 2.24. The molecule has 2 rings (SSSR count). The molecule has 0 spiro atoms. The lowest BCUT2D eigenvalue weighted by Gasteiger charge is -2.22. The van der Waals surface area contributed by atoms with Gasteiger partial charge in [0.1, 0.15) is 11.9 Å². The van der Waals surface area contributed by atoms with Crippen LogP contribution in [0.2, 0.25) is 0 Å². The molecule has 32 heavy (non-hydrogen) atoms. The maximum Gasteiger partial charge on any atom is 0.264 e. The van der Waals surface area contributed by atoms with Crippen molar-refractivity contribution in [2.75, 3.05) is 13.1 Å². The number of nitrogens with two attached hydrogens (primary N) is 1. The molecule has 2 aromatic rings. The summed E-state index contributed by atoms with van der Waals surface area (Å²) < 4.78 is 42.0. The minimum Gasteiger partial charge on any atom is -0.384 e. The summed E-state index contributed by atoms with van der Waals surface area (Å²) in [7, 11) is -4.30. The van der Waals surface area contributed by atoms with E-state index >= 15 is 0 Å². The Morgan fingerprint density at radius 2 is 1.91 bits per heavy atom.